The number of carboxylic acid groups (broad SMARTS) is 1. The number of hydrogen-bond donors (Lipinski definition) is 1. The van der Waals surface area contributed by atoms with Gasteiger partial charge in [-0.3, -0.25) is 9.69 Å². The van der Waals surface area contributed by atoms with E-state index in [1.165, 1.54) is 0 Å². The van der Waals surface area contributed by atoms with Crippen molar-refractivity contribution in [2.24, 2.45) is 11.3 Å². The number of pyridine rings is 1. The van der Waals surface area contributed by atoms with Crippen LogP contribution in [0.1, 0.15) is 18.5 Å². The summed E-state index contributed by atoms with van der Waals surface area (Å²) in [6.07, 6.45) is 1.64. The lowest BCUT2D eigenvalue weighted by Crippen LogP contribution is -2.40. The molecule has 1 aromatic carbocycles. The molecular weight excluding hydrogens is 332 g/mol. The van der Waals surface area contributed by atoms with Gasteiger partial charge in [0.2, 0.25) is 0 Å². The lowest BCUT2D eigenvalue weighted by atomic mass is 9.72. The third kappa shape index (κ3) is 3.04. The normalized spacial score (nSPS) is 22.7. The number of likely N-dealkylation sites (tertiary alicyclic amines) is 1. The number of carboxylic acids is 1. The van der Waals surface area contributed by atoms with Crippen molar-refractivity contribution in [2.45, 2.75) is 19.4 Å². The highest BCUT2D eigenvalue weighted by molar-refractivity contribution is 5.84. The van der Waals surface area contributed by atoms with Gasteiger partial charge in [0.15, 0.2) is 0 Å². The molecule has 138 valence electrons. The first-order chi connectivity index (χ1) is 12.6. The maximum Gasteiger partial charge on any atom is 0.308 e. The SMILES string of the molecule is COc1cccc2ccc(CN3CC(C(=O)O)C4(CCOCC4)C3)nc12. The number of benzene rings is 1. The van der Waals surface area contributed by atoms with Crippen LogP contribution in [-0.2, 0) is 16.1 Å². The third-order valence-electron chi connectivity index (χ3n) is 5.85. The summed E-state index contributed by atoms with van der Waals surface area (Å²) in [5.41, 5.74) is 1.62. The monoisotopic (exact) mass is 356 g/mol. The molecule has 0 radical (unpaired) electrons. The first-order valence-electron chi connectivity index (χ1n) is 9.07. The minimum absolute atomic E-state index is 0.168. The van der Waals surface area contributed by atoms with E-state index < -0.39 is 5.97 Å². The lowest BCUT2D eigenvalue weighted by molar-refractivity contribution is -0.147. The lowest BCUT2D eigenvalue weighted by Gasteiger charge is -2.36. The molecule has 0 amide bonds. The molecule has 26 heavy (non-hydrogen) atoms. The number of para-hydroxylation sites is 1. The van der Waals surface area contributed by atoms with Crippen molar-refractivity contribution < 1.29 is 19.4 Å². The Kier molecular flexibility index (Phi) is 4.54. The van der Waals surface area contributed by atoms with Gasteiger partial charge in [0.1, 0.15) is 11.3 Å². The Labute approximate surface area is 152 Å². The van der Waals surface area contributed by atoms with Crippen molar-refractivity contribution >= 4 is 16.9 Å². The van der Waals surface area contributed by atoms with Crippen molar-refractivity contribution in [3.05, 3.63) is 36.0 Å². The summed E-state index contributed by atoms with van der Waals surface area (Å²) in [5, 5.41) is 10.8. The van der Waals surface area contributed by atoms with Gasteiger partial charge < -0.3 is 14.6 Å². The molecule has 1 N–H and O–H groups in total. The molecule has 3 heterocycles. The van der Waals surface area contributed by atoms with Gasteiger partial charge in [-0.25, -0.2) is 4.98 Å². The topological polar surface area (TPSA) is 71.9 Å². The Bertz CT molecular complexity index is 817. The average Bonchev–Trinajstić information content (AvgIpc) is 2.99. The fourth-order valence-corrected chi connectivity index (χ4v) is 4.46. The molecule has 2 aliphatic rings. The van der Waals surface area contributed by atoms with Crippen molar-refractivity contribution in [1.82, 2.24) is 9.88 Å². The molecule has 0 saturated carbocycles. The molecule has 1 aromatic heterocycles. The van der Waals surface area contributed by atoms with Gasteiger partial charge in [-0.2, -0.15) is 0 Å². The molecule has 0 aliphatic carbocycles. The van der Waals surface area contributed by atoms with E-state index in [4.69, 9.17) is 14.5 Å². The summed E-state index contributed by atoms with van der Waals surface area (Å²) >= 11 is 0. The highest BCUT2D eigenvalue weighted by atomic mass is 16.5. The molecule has 2 saturated heterocycles. The van der Waals surface area contributed by atoms with Crippen LogP contribution in [0.15, 0.2) is 30.3 Å². The zero-order valence-corrected chi connectivity index (χ0v) is 15.0. The first-order valence-corrected chi connectivity index (χ1v) is 9.07. The highest BCUT2D eigenvalue weighted by Gasteiger charge is 2.50. The zero-order valence-electron chi connectivity index (χ0n) is 15.0. The summed E-state index contributed by atoms with van der Waals surface area (Å²) in [5.74, 6) is -0.265. The van der Waals surface area contributed by atoms with Gasteiger partial charge in [-0.05, 0) is 25.0 Å². The second-order valence-corrected chi connectivity index (χ2v) is 7.37. The largest absolute Gasteiger partial charge is 0.494 e. The highest BCUT2D eigenvalue weighted by Crippen LogP contribution is 2.44. The van der Waals surface area contributed by atoms with E-state index >= 15 is 0 Å². The van der Waals surface area contributed by atoms with Crippen LogP contribution in [0.4, 0.5) is 0 Å². The predicted octanol–water partition coefficient (Wildman–Crippen LogP) is 2.56. The van der Waals surface area contributed by atoms with Crippen molar-refractivity contribution in [3.63, 3.8) is 0 Å². The summed E-state index contributed by atoms with van der Waals surface area (Å²) in [7, 11) is 1.65. The third-order valence-corrected chi connectivity index (χ3v) is 5.85. The summed E-state index contributed by atoms with van der Waals surface area (Å²) < 4.78 is 10.9. The van der Waals surface area contributed by atoms with Crippen LogP contribution in [-0.4, -0.2) is 54.4 Å². The molecule has 2 aromatic rings. The van der Waals surface area contributed by atoms with Crippen LogP contribution < -0.4 is 4.74 Å². The van der Waals surface area contributed by atoms with Crippen molar-refractivity contribution in [3.8, 4) is 5.75 Å². The Morgan fingerprint density at radius 3 is 2.88 bits per heavy atom. The summed E-state index contributed by atoms with van der Waals surface area (Å²) in [6.45, 7) is 3.33. The molecule has 0 bridgehead atoms. The van der Waals surface area contributed by atoms with E-state index in [9.17, 15) is 9.90 Å². The van der Waals surface area contributed by atoms with Gasteiger partial charge in [-0.15, -0.1) is 0 Å². The molecular formula is C20H24N2O4. The Balaban J connectivity index is 1.57. The molecule has 2 fully saturated rings. The number of aliphatic carboxylic acids is 1. The Morgan fingerprint density at radius 2 is 2.15 bits per heavy atom. The summed E-state index contributed by atoms with van der Waals surface area (Å²) in [4.78, 5) is 18.8. The number of ether oxygens (including phenoxy) is 2. The predicted molar refractivity (Wildman–Crippen MR) is 97.2 cm³/mol. The van der Waals surface area contributed by atoms with Crippen LogP contribution in [0.25, 0.3) is 10.9 Å². The second kappa shape index (κ2) is 6.85. The average molecular weight is 356 g/mol. The smallest absolute Gasteiger partial charge is 0.308 e. The maximum absolute atomic E-state index is 11.8. The van der Waals surface area contributed by atoms with E-state index in [0.717, 1.165) is 41.7 Å². The number of methoxy groups -OCH3 is 1. The Morgan fingerprint density at radius 1 is 1.35 bits per heavy atom. The van der Waals surface area contributed by atoms with Crippen molar-refractivity contribution in [2.75, 3.05) is 33.4 Å². The van der Waals surface area contributed by atoms with Gasteiger partial charge >= 0.3 is 5.97 Å². The van der Waals surface area contributed by atoms with Gasteiger partial charge in [0.05, 0.1) is 18.7 Å². The number of carbonyl (C=O) groups is 1. The molecule has 1 unspecified atom stereocenters. The number of hydrogen-bond acceptors (Lipinski definition) is 5. The van der Waals surface area contributed by atoms with E-state index in [-0.39, 0.29) is 11.3 Å². The van der Waals surface area contributed by atoms with Gasteiger partial charge in [0.25, 0.3) is 0 Å². The number of aromatic nitrogens is 1. The van der Waals surface area contributed by atoms with E-state index in [1.54, 1.807) is 7.11 Å². The summed E-state index contributed by atoms with van der Waals surface area (Å²) in [6, 6.07) is 9.95. The van der Waals surface area contributed by atoms with Crippen molar-refractivity contribution in [1.29, 1.82) is 0 Å². The first kappa shape index (κ1) is 17.2. The van der Waals surface area contributed by atoms with Crippen LogP contribution >= 0.6 is 0 Å². The number of rotatable bonds is 4. The minimum Gasteiger partial charge on any atom is -0.494 e. The quantitative estimate of drug-likeness (QED) is 0.908. The Hall–Kier alpha value is -2.18. The van der Waals surface area contributed by atoms with E-state index in [0.29, 0.717) is 26.3 Å². The van der Waals surface area contributed by atoms with Gasteiger partial charge in [0, 0.05) is 43.6 Å². The van der Waals surface area contributed by atoms with Crippen LogP contribution in [0.3, 0.4) is 0 Å². The minimum atomic E-state index is -0.692. The van der Waals surface area contributed by atoms with Crippen LogP contribution in [0, 0.1) is 11.3 Å². The second-order valence-electron chi connectivity index (χ2n) is 7.37. The number of nitrogens with zero attached hydrogens (tertiary/aromatic N) is 2. The van der Waals surface area contributed by atoms with Gasteiger partial charge in [-0.1, -0.05) is 18.2 Å². The molecule has 1 spiro atoms. The zero-order chi connectivity index (χ0) is 18.1. The fraction of sp³-hybridized carbons (Fsp3) is 0.500. The number of fused-ring (bicyclic) bond motifs is 1. The maximum atomic E-state index is 11.8. The van der Waals surface area contributed by atoms with Crippen LogP contribution in [0.5, 0.6) is 5.75 Å². The molecule has 2 aliphatic heterocycles. The molecule has 1 atom stereocenters. The fourth-order valence-electron chi connectivity index (χ4n) is 4.46. The molecule has 4 rings (SSSR count). The van der Waals surface area contributed by atoms with E-state index in [1.807, 2.05) is 24.3 Å². The molecule has 6 heteroatoms. The van der Waals surface area contributed by atoms with Crippen LogP contribution in [0.2, 0.25) is 0 Å². The van der Waals surface area contributed by atoms with E-state index in [2.05, 4.69) is 11.0 Å². The molecule has 6 nitrogen and oxygen atoms in total. The standard InChI is InChI=1S/C20H24N2O4/c1-25-17-4-2-3-14-5-6-15(21-18(14)17)11-22-12-16(19(23)24)20(13-22)7-9-26-10-8-20/h2-6,16H,7-13H2,1H3,(H,23,24).